The molecule has 0 unspecified atom stereocenters. The van der Waals surface area contributed by atoms with Crippen LogP contribution in [-0.2, 0) is 0 Å². The Hall–Kier alpha value is -1.28. The molecule has 0 aromatic heterocycles. The van der Waals surface area contributed by atoms with Crippen LogP contribution in [0.15, 0.2) is 35.9 Å². The maximum atomic E-state index is 9.89. The number of rotatable bonds is 4. The maximum absolute atomic E-state index is 9.89. The lowest BCUT2D eigenvalue weighted by Crippen LogP contribution is -1.96. The average Bonchev–Trinajstić information content (AvgIpc) is 2.26. The average molecular weight is 206 g/mol. The lowest BCUT2D eigenvalue weighted by molar-refractivity contribution is 0.181. The van der Waals surface area contributed by atoms with Gasteiger partial charge in [0.05, 0.1) is 13.2 Å². The third kappa shape index (κ3) is 3.76. The highest BCUT2D eigenvalue weighted by molar-refractivity contribution is 5.30. The van der Waals surface area contributed by atoms with Gasteiger partial charge >= 0.3 is 0 Å². The Morgan fingerprint density at radius 2 is 2.20 bits per heavy atom. The van der Waals surface area contributed by atoms with Crippen LogP contribution in [0.4, 0.5) is 0 Å². The number of methoxy groups -OCH3 is 1. The third-order valence-corrected chi connectivity index (χ3v) is 2.23. The minimum atomic E-state index is -0.449. The first-order valence-corrected chi connectivity index (χ1v) is 5.09. The Kier molecular flexibility index (Phi) is 4.37. The Morgan fingerprint density at radius 1 is 1.47 bits per heavy atom. The van der Waals surface area contributed by atoms with Gasteiger partial charge in [-0.2, -0.15) is 0 Å². The summed E-state index contributed by atoms with van der Waals surface area (Å²) >= 11 is 0. The van der Waals surface area contributed by atoms with Crippen LogP contribution < -0.4 is 4.74 Å². The van der Waals surface area contributed by atoms with Crippen LogP contribution in [0.2, 0.25) is 0 Å². The van der Waals surface area contributed by atoms with Crippen LogP contribution >= 0.6 is 0 Å². The van der Waals surface area contributed by atoms with Crippen LogP contribution in [0.3, 0.4) is 0 Å². The molecular formula is C13H18O2. The molecule has 0 fully saturated rings. The zero-order chi connectivity index (χ0) is 11.3. The van der Waals surface area contributed by atoms with E-state index in [1.807, 2.05) is 44.2 Å². The zero-order valence-electron chi connectivity index (χ0n) is 9.53. The fraction of sp³-hybridized carbons (Fsp3) is 0.385. The number of aliphatic hydroxyl groups is 1. The predicted molar refractivity (Wildman–Crippen MR) is 62.0 cm³/mol. The molecule has 0 aliphatic carbocycles. The minimum Gasteiger partial charge on any atom is -0.497 e. The van der Waals surface area contributed by atoms with E-state index in [-0.39, 0.29) is 0 Å². The molecule has 0 aliphatic heterocycles. The minimum absolute atomic E-state index is 0.449. The Balaban J connectivity index is 2.72. The highest BCUT2D eigenvalue weighted by Gasteiger charge is 2.06. The maximum Gasteiger partial charge on any atom is 0.119 e. The Labute approximate surface area is 91.2 Å². The van der Waals surface area contributed by atoms with E-state index in [1.54, 1.807) is 7.11 Å². The number of ether oxygens (including phenoxy) is 1. The van der Waals surface area contributed by atoms with Gasteiger partial charge in [0.25, 0.3) is 0 Å². The van der Waals surface area contributed by atoms with Crippen molar-refractivity contribution < 1.29 is 9.84 Å². The molecule has 0 saturated heterocycles. The molecule has 2 heteroatoms. The molecule has 1 aromatic rings. The van der Waals surface area contributed by atoms with Crippen molar-refractivity contribution in [1.82, 2.24) is 0 Å². The summed E-state index contributed by atoms with van der Waals surface area (Å²) in [5.41, 5.74) is 2.11. The summed E-state index contributed by atoms with van der Waals surface area (Å²) in [6.45, 7) is 4.05. The lowest BCUT2D eigenvalue weighted by Gasteiger charge is -2.10. The van der Waals surface area contributed by atoms with E-state index in [0.717, 1.165) is 11.3 Å². The zero-order valence-corrected chi connectivity index (χ0v) is 9.53. The molecule has 0 spiro atoms. The summed E-state index contributed by atoms with van der Waals surface area (Å²) in [5.74, 6) is 0.781. The molecular weight excluding hydrogens is 188 g/mol. The fourth-order valence-electron chi connectivity index (χ4n) is 1.33. The van der Waals surface area contributed by atoms with Gasteiger partial charge in [0.15, 0.2) is 0 Å². The summed E-state index contributed by atoms with van der Waals surface area (Å²) in [4.78, 5) is 0. The van der Waals surface area contributed by atoms with Crippen LogP contribution in [0, 0.1) is 0 Å². The predicted octanol–water partition coefficient (Wildman–Crippen LogP) is 3.08. The molecule has 1 atom stereocenters. The van der Waals surface area contributed by atoms with E-state index in [4.69, 9.17) is 4.74 Å². The SMILES string of the molecule is COc1cccc([C@@H](O)CC=C(C)C)c1. The molecule has 2 nitrogen and oxygen atoms in total. The molecule has 15 heavy (non-hydrogen) atoms. The van der Waals surface area contributed by atoms with Gasteiger partial charge in [-0.15, -0.1) is 0 Å². The van der Waals surface area contributed by atoms with Crippen molar-refractivity contribution in [2.45, 2.75) is 26.4 Å². The summed E-state index contributed by atoms with van der Waals surface area (Å²) in [6.07, 6.45) is 2.23. The van der Waals surface area contributed by atoms with E-state index < -0.39 is 6.10 Å². The second kappa shape index (κ2) is 5.56. The molecule has 1 N–H and O–H groups in total. The van der Waals surface area contributed by atoms with Crippen LogP contribution in [-0.4, -0.2) is 12.2 Å². The van der Waals surface area contributed by atoms with E-state index in [1.165, 1.54) is 5.57 Å². The van der Waals surface area contributed by atoms with Gasteiger partial charge in [0.2, 0.25) is 0 Å². The smallest absolute Gasteiger partial charge is 0.119 e. The lowest BCUT2D eigenvalue weighted by atomic mass is 10.1. The van der Waals surface area contributed by atoms with Gasteiger partial charge < -0.3 is 9.84 Å². The van der Waals surface area contributed by atoms with Crippen LogP contribution in [0.5, 0.6) is 5.75 Å². The molecule has 1 rings (SSSR count). The fourth-order valence-corrected chi connectivity index (χ4v) is 1.33. The largest absolute Gasteiger partial charge is 0.497 e. The van der Waals surface area contributed by atoms with Gasteiger partial charge in [-0.25, -0.2) is 0 Å². The first kappa shape index (κ1) is 11.8. The molecule has 82 valence electrons. The molecule has 0 aliphatic rings. The van der Waals surface area contributed by atoms with Gasteiger partial charge in [0, 0.05) is 0 Å². The van der Waals surface area contributed by atoms with Crippen molar-refractivity contribution in [3.8, 4) is 5.75 Å². The van der Waals surface area contributed by atoms with E-state index in [0.29, 0.717) is 6.42 Å². The normalized spacial score (nSPS) is 12.0. The summed E-state index contributed by atoms with van der Waals surface area (Å²) in [6, 6.07) is 7.53. The van der Waals surface area contributed by atoms with Crippen molar-refractivity contribution in [2.75, 3.05) is 7.11 Å². The molecule has 0 radical (unpaired) electrons. The van der Waals surface area contributed by atoms with Crippen molar-refractivity contribution in [2.24, 2.45) is 0 Å². The topological polar surface area (TPSA) is 29.5 Å². The first-order valence-electron chi connectivity index (χ1n) is 5.09. The van der Waals surface area contributed by atoms with Crippen molar-refractivity contribution in [1.29, 1.82) is 0 Å². The second-order valence-electron chi connectivity index (χ2n) is 3.81. The monoisotopic (exact) mass is 206 g/mol. The van der Waals surface area contributed by atoms with Crippen molar-refractivity contribution >= 4 is 0 Å². The molecule has 0 saturated carbocycles. The molecule has 0 heterocycles. The van der Waals surface area contributed by atoms with Crippen molar-refractivity contribution in [3.63, 3.8) is 0 Å². The standard InChI is InChI=1S/C13H18O2/c1-10(2)7-8-13(14)11-5-4-6-12(9-11)15-3/h4-7,9,13-14H,8H2,1-3H3/t13-/m0/s1. The van der Waals surface area contributed by atoms with Gasteiger partial charge in [0.1, 0.15) is 5.75 Å². The van der Waals surface area contributed by atoms with Gasteiger partial charge in [-0.1, -0.05) is 23.8 Å². The number of aliphatic hydroxyl groups excluding tert-OH is 1. The van der Waals surface area contributed by atoms with Crippen LogP contribution in [0.25, 0.3) is 0 Å². The van der Waals surface area contributed by atoms with E-state index in [9.17, 15) is 5.11 Å². The summed E-state index contributed by atoms with van der Waals surface area (Å²) in [7, 11) is 1.63. The number of benzene rings is 1. The van der Waals surface area contributed by atoms with Crippen LogP contribution in [0.1, 0.15) is 31.9 Å². The molecule has 0 bridgehead atoms. The third-order valence-electron chi connectivity index (χ3n) is 2.23. The number of hydrogen-bond donors (Lipinski definition) is 1. The van der Waals surface area contributed by atoms with Gasteiger partial charge in [-0.3, -0.25) is 0 Å². The molecule has 1 aromatic carbocycles. The quantitative estimate of drug-likeness (QED) is 0.767. The number of hydrogen-bond acceptors (Lipinski definition) is 2. The van der Waals surface area contributed by atoms with Gasteiger partial charge in [-0.05, 0) is 38.0 Å². The Bertz CT molecular complexity index is 338. The summed E-state index contributed by atoms with van der Waals surface area (Å²) in [5, 5.41) is 9.89. The van der Waals surface area contributed by atoms with E-state index in [2.05, 4.69) is 0 Å². The van der Waals surface area contributed by atoms with E-state index >= 15 is 0 Å². The Morgan fingerprint density at radius 3 is 2.80 bits per heavy atom. The number of allylic oxidation sites excluding steroid dienone is 1. The second-order valence-corrected chi connectivity index (χ2v) is 3.81. The first-order chi connectivity index (χ1) is 7.13. The van der Waals surface area contributed by atoms with Crippen molar-refractivity contribution in [3.05, 3.63) is 41.5 Å². The highest BCUT2D eigenvalue weighted by atomic mass is 16.5. The highest BCUT2D eigenvalue weighted by Crippen LogP contribution is 2.21. The molecule has 0 amide bonds. The summed E-state index contributed by atoms with van der Waals surface area (Å²) < 4.78 is 5.10.